The van der Waals surface area contributed by atoms with E-state index in [2.05, 4.69) is 55.3 Å². The first-order chi connectivity index (χ1) is 12.6. The molecule has 1 aliphatic heterocycles. The highest BCUT2D eigenvalue weighted by Crippen LogP contribution is 2.21. The molecule has 1 saturated heterocycles. The molecule has 2 rings (SSSR count). The average molecular weight is 361 g/mol. The fourth-order valence-corrected chi connectivity index (χ4v) is 3.17. The summed E-state index contributed by atoms with van der Waals surface area (Å²) in [6.07, 6.45) is 7.29. The molecular weight excluding hydrogens is 324 g/mol. The molecule has 1 amide bonds. The molecule has 1 aliphatic rings. The van der Waals surface area contributed by atoms with E-state index >= 15 is 0 Å². The predicted octanol–water partition coefficient (Wildman–Crippen LogP) is 4.38. The zero-order chi connectivity index (χ0) is 18.8. The minimum absolute atomic E-state index is 0.152. The van der Waals surface area contributed by atoms with Crippen LogP contribution < -0.4 is 10.1 Å². The maximum atomic E-state index is 12.1. The van der Waals surface area contributed by atoms with E-state index in [-0.39, 0.29) is 17.9 Å². The van der Waals surface area contributed by atoms with E-state index in [1.54, 1.807) is 0 Å². The van der Waals surface area contributed by atoms with Crippen molar-refractivity contribution in [3.05, 3.63) is 29.8 Å². The van der Waals surface area contributed by atoms with Gasteiger partial charge in [-0.25, -0.2) is 0 Å². The zero-order valence-corrected chi connectivity index (χ0v) is 16.8. The summed E-state index contributed by atoms with van der Waals surface area (Å²) in [6, 6.07) is 8.68. The Balaban J connectivity index is 1.62. The first-order valence-corrected chi connectivity index (χ1v) is 10.4. The van der Waals surface area contributed by atoms with Crippen molar-refractivity contribution in [1.82, 2.24) is 10.2 Å². The summed E-state index contributed by atoms with van der Waals surface area (Å²) in [5.41, 5.74) is 1.28. The zero-order valence-electron chi connectivity index (χ0n) is 16.8. The molecule has 1 aromatic rings. The van der Waals surface area contributed by atoms with Crippen LogP contribution in [0.3, 0.4) is 0 Å². The number of carbonyl (C=O) groups is 1. The highest BCUT2D eigenvalue weighted by molar-refractivity contribution is 5.80. The number of carbonyl (C=O) groups excluding carboxylic acids is 1. The fourth-order valence-electron chi connectivity index (χ4n) is 3.17. The van der Waals surface area contributed by atoms with Gasteiger partial charge in [0.05, 0.1) is 12.5 Å². The monoisotopic (exact) mass is 360 g/mol. The van der Waals surface area contributed by atoms with Crippen LogP contribution in [-0.2, 0) is 11.3 Å². The lowest BCUT2D eigenvalue weighted by Gasteiger charge is -2.38. The molecule has 26 heavy (non-hydrogen) atoms. The Hall–Kier alpha value is -1.55. The Morgan fingerprint density at radius 2 is 1.85 bits per heavy atom. The van der Waals surface area contributed by atoms with Gasteiger partial charge in [0.15, 0.2) is 0 Å². The smallest absolute Gasteiger partial charge is 0.225 e. The number of ether oxygens (including phenoxy) is 1. The number of hydrogen-bond acceptors (Lipinski definition) is 3. The molecule has 0 radical (unpaired) electrons. The van der Waals surface area contributed by atoms with Gasteiger partial charge in [0, 0.05) is 25.7 Å². The van der Waals surface area contributed by atoms with Gasteiger partial charge in [0.2, 0.25) is 5.91 Å². The summed E-state index contributed by atoms with van der Waals surface area (Å²) < 4.78 is 5.82. The second-order valence-corrected chi connectivity index (χ2v) is 7.62. The number of rotatable bonds is 12. The van der Waals surface area contributed by atoms with Crippen LogP contribution in [0.2, 0.25) is 0 Å². The van der Waals surface area contributed by atoms with E-state index in [0.717, 1.165) is 44.8 Å². The van der Waals surface area contributed by atoms with Crippen LogP contribution in [0, 0.1) is 5.92 Å². The summed E-state index contributed by atoms with van der Waals surface area (Å²) in [6.45, 7) is 9.82. The Bertz CT molecular complexity index is 523. The molecule has 1 aromatic carbocycles. The highest BCUT2D eigenvalue weighted by atomic mass is 16.5. The molecule has 1 fully saturated rings. The molecule has 4 nitrogen and oxygen atoms in total. The Kier molecular flexibility index (Phi) is 8.96. The molecule has 0 bridgehead atoms. The summed E-state index contributed by atoms with van der Waals surface area (Å²) in [5, 5.41) is 3.08. The third-order valence-electron chi connectivity index (χ3n) is 5.18. The normalized spacial score (nSPS) is 16.1. The first-order valence-electron chi connectivity index (χ1n) is 10.4. The van der Waals surface area contributed by atoms with Gasteiger partial charge >= 0.3 is 0 Å². The van der Waals surface area contributed by atoms with Crippen molar-refractivity contribution in [1.29, 1.82) is 0 Å². The molecule has 4 heteroatoms. The molecule has 0 spiro atoms. The van der Waals surface area contributed by atoms with Crippen molar-refractivity contribution in [2.75, 3.05) is 19.7 Å². The molecule has 1 N–H and O–H groups in total. The largest absolute Gasteiger partial charge is 0.494 e. The number of hydrogen-bond donors (Lipinski definition) is 1. The lowest BCUT2D eigenvalue weighted by atomic mass is 9.97. The van der Waals surface area contributed by atoms with Gasteiger partial charge in [-0.15, -0.1) is 0 Å². The SMILES string of the molecule is CCCCCCCOc1ccc(CN2CC(C(=O)N[C@@H](C)CC)C2)cc1. The second-order valence-electron chi connectivity index (χ2n) is 7.62. The summed E-state index contributed by atoms with van der Waals surface area (Å²) in [4.78, 5) is 14.4. The average Bonchev–Trinajstić information content (AvgIpc) is 2.61. The summed E-state index contributed by atoms with van der Waals surface area (Å²) >= 11 is 0. The molecule has 146 valence electrons. The third-order valence-corrected chi connectivity index (χ3v) is 5.18. The van der Waals surface area contributed by atoms with Crippen LogP contribution in [0.5, 0.6) is 5.75 Å². The third kappa shape index (κ3) is 6.99. The van der Waals surface area contributed by atoms with Gasteiger partial charge in [-0.05, 0) is 37.5 Å². The van der Waals surface area contributed by atoms with Gasteiger partial charge in [0.1, 0.15) is 5.75 Å². The van der Waals surface area contributed by atoms with E-state index in [9.17, 15) is 4.79 Å². The second kappa shape index (κ2) is 11.2. The number of benzene rings is 1. The Labute approximate surface area is 159 Å². The van der Waals surface area contributed by atoms with Crippen molar-refractivity contribution in [3.63, 3.8) is 0 Å². The summed E-state index contributed by atoms with van der Waals surface area (Å²) in [5.74, 6) is 1.32. The standard InChI is InChI=1S/C22H36N2O2/c1-4-6-7-8-9-14-26-21-12-10-19(11-13-21)15-24-16-20(17-24)22(25)23-18(3)5-2/h10-13,18,20H,4-9,14-17H2,1-3H3,(H,23,25)/t18-/m0/s1. The van der Waals surface area contributed by atoms with Crippen molar-refractivity contribution >= 4 is 5.91 Å². The molecule has 0 saturated carbocycles. The first kappa shape index (κ1) is 20.8. The van der Waals surface area contributed by atoms with Crippen LogP contribution in [-0.4, -0.2) is 36.5 Å². The van der Waals surface area contributed by atoms with Crippen LogP contribution in [0.1, 0.15) is 64.9 Å². The van der Waals surface area contributed by atoms with Crippen LogP contribution in [0.15, 0.2) is 24.3 Å². The van der Waals surface area contributed by atoms with Crippen LogP contribution in [0.25, 0.3) is 0 Å². The number of nitrogens with one attached hydrogen (secondary N) is 1. The predicted molar refractivity (Wildman–Crippen MR) is 107 cm³/mol. The summed E-state index contributed by atoms with van der Waals surface area (Å²) in [7, 11) is 0. The molecule has 1 atom stereocenters. The highest BCUT2D eigenvalue weighted by Gasteiger charge is 2.32. The minimum atomic E-state index is 0.152. The van der Waals surface area contributed by atoms with Crippen LogP contribution >= 0.6 is 0 Å². The Morgan fingerprint density at radius 3 is 2.50 bits per heavy atom. The van der Waals surface area contributed by atoms with Crippen molar-refractivity contribution < 1.29 is 9.53 Å². The number of likely N-dealkylation sites (tertiary alicyclic amines) is 1. The quantitative estimate of drug-likeness (QED) is 0.562. The lowest BCUT2D eigenvalue weighted by Crippen LogP contribution is -2.54. The Morgan fingerprint density at radius 1 is 1.15 bits per heavy atom. The molecule has 1 heterocycles. The number of unbranched alkanes of at least 4 members (excludes halogenated alkanes) is 4. The topological polar surface area (TPSA) is 41.6 Å². The van der Waals surface area contributed by atoms with E-state index in [1.165, 1.54) is 31.2 Å². The maximum Gasteiger partial charge on any atom is 0.225 e. The molecule has 0 aliphatic carbocycles. The number of amides is 1. The van der Waals surface area contributed by atoms with Gasteiger partial charge < -0.3 is 10.1 Å². The van der Waals surface area contributed by atoms with Gasteiger partial charge in [-0.1, -0.05) is 51.7 Å². The van der Waals surface area contributed by atoms with E-state index in [1.807, 2.05) is 0 Å². The molecular formula is C22H36N2O2. The van der Waals surface area contributed by atoms with E-state index < -0.39 is 0 Å². The van der Waals surface area contributed by atoms with Crippen molar-refractivity contribution in [2.24, 2.45) is 5.92 Å². The van der Waals surface area contributed by atoms with E-state index in [4.69, 9.17) is 4.74 Å². The van der Waals surface area contributed by atoms with E-state index in [0.29, 0.717) is 0 Å². The lowest BCUT2D eigenvalue weighted by molar-refractivity contribution is -0.131. The van der Waals surface area contributed by atoms with Crippen LogP contribution in [0.4, 0.5) is 0 Å². The van der Waals surface area contributed by atoms with Crippen molar-refractivity contribution in [3.8, 4) is 5.75 Å². The fraction of sp³-hybridized carbons (Fsp3) is 0.682. The maximum absolute atomic E-state index is 12.1. The van der Waals surface area contributed by atoms with Gasteiger partial charge in [0.25, 0.3) is 0 Å². The number of nitrogens with zero attached hydrogens (tertiary/aromatic N) is 1. The molecule has 0 aromatic heterocycles. The van der Waals surface area contributed by atoms with Gasteiger partial charge in [-0.2, -0.15) is 0 Å². The van der Waals surface area contributed by atoms with Crippen molar-refractivity contribution in [2.45, 2.75) is 71.9 Å². The molecule has 0 unspecified atom stereocenters. The van der Waals surface area contributed by atoms with Gasteiger partial charge in [-0.3, -0.25) is 9.69 Å². The minimum Gasteiger partial charge on any atom is -0.494 e.